The van der Waals surface area contributed by atoms with Crippen molar-refractivity contribution in [1.29, 1.82) is 0 Å². The predicted octanol–water partition coefficient (Wildman–Crippen LogP) is 2.82. The van der Waals surface area contributed by atoms with Gasteiger partial charge in [0.05, 0.1) is 31.1 Å². The van der Waals surface area contributed by atoms with Gasteiger partial charge < -0.3 is 19.9 Å². The van der Waals surface area contributed by atoms with Crippen LogP contribution in [0.25, 0.3) is 22.4 Å². The second kappa shape index (κ2) is 7.61. The summed E-state index contributed by atoms with van der Waals surface area (Å²) >= 11 is 0. The molecule has 2 N–H and O–H groups in total. The average Bonchev–Trinajstić information content (AvgIpc) is 3.22. The number of ether oxygens (including phenoxy) is 1. The third-order valence-corrected chi connectivity index (χ3v) is 5.83. The molecule has 162 valence electrons. The Morgan fingerprint density at radius 2 is 2.16 bits per heavy atom. The van der Waals surface area contributed by atoms with Gasteiger partial charge in [-0.3, -0.25) is 4.79 Å². The largest absolute Gasteiger partial charge is 0.420 e. The SMILES string of the molecule is O=CN1CCc2cc(-c3cnc4[nH]cc(C(F)(F)F)c4n3)cc([C@@H]3COCCN3)c2C1. The van der Waals surface area contributed by atoms with Gasteiger partial charge in [-0.25, -0.2) is 9.97 Å². The van der Waals surface area contributed by atoms with Gasteiger partial charge in [0.1, 0.15) is 11.1 Å². The van der Waals surface area contributed by atoms with Crippen LogP contribution < -0.4 is 5.32 Å². The number of alkyl halides is 3. The molecule has 0 bridgehead atoms. The number of benzene rings is 1. The molecule has 1 saturated heterocycles. The Balaban J connectivity index is 1.63. The molecule has 0 radical (unpaired) electrons. The molecule has 1 atom stereocenters. The number of morpholine rings is 1. The van der Waals surface area contributed by atoms with Crippen LogP contribution >= 0.6 is 0 Å². The van der Waals surface area contributed by atoms with Crippen LogP contribution in [0.3, 0.4) is 0 Å². The molecule has 5 rings (SSSR count). The molecule has 2 aromatic heterocycles. The minimum atomic E-state index is -4.52. The number of nitrogens with one attached hydrogen (secondary N) is 2. The Hall–Kier alpha value is -2.98. The maximum absolute atomic E-state index is 13.3. The number of hydrogen-bond acceptors (Lipinski definition) is 5. The first-order chi connectivity index (χ1) is 14.9. The lowest BCUT2D eigenvalue weighted by Gasteiger charge is -2.32. The van der Waals surface area contributed by atoms with Gasteiger partial charge in [-0.1, -0.05) is 0 Å². The highest BCUT2D eigenvalue weighted by Crippen LogP contribution is 2.36. The van der Waals surface area contributed by atoms with E-state index in [9.17, 15) is 18.0 Å². The smallest absolute Gasteiger partial charge is 0.378 e. The summed E-state index contributed by atoms with van der Waals surface area (Å²) in [4.78, 5) is 24.1. The van der Waals surface area contributed by atoms with E-state index in [-0.39, 0.29) is 17.2 Å². The fourth-order valence-electron chi connectivity index (χ4n) is 4.28. The van der Waals surface area contributed by atoms with Crippen LogP contribution in [0, 0.1) is 0 Å². The van der Waals surface area contributed by atoms with E-state index in [0.29, 0.717) is 50.5 Å². The molecule has 3 aromatic rings. The maximum Gasteiger partial charge on any atom is 0.420 e. The number of halogens is 3. The van der Waals surface area contributed by atoms with Crippen LogP contribution in [0.5, 0.6) is 0 Å². The first-order valence-corrected chi connectivity index (χ1v) is 10.0. The van der Waals surface area contributed by atoms with Crippen molar-refractivity contribution in [3.63, 3.8) is 0 Å². The summed E-state index contributed by atoms with van der Waals surface area (Å²) in [5.41, 5.74) is 3.22. The van der Waals surface area contributed by atoms with Gasteiger partial charge in [0.2, 0.25) is 6.41 Å². The van der Waals surface area contributed by atoms with Crippen LogP contribution in [0.2, 0.25) is 0 Å². The number of nitrogens with zero attached hydrogens (tertiary/aromatic N) is 3. The molecule has 0 unspecified atom stereocenters. The van der Waals surface area contributed by atoms with E-state index >= 15 is 0 Å². The van der Waals surface area contributed by atoms with Crippen LogP contribution in [0.4, 0.5) is 13.2 Å². The van der Waals surface area contributed by atoms with Gasteiger partial charge in [0.25, 0.3) is 0 Å². The molecule has 31 heavy (non-hydrogen) atoms. The summed E-state index contributed by atoms with van der Waals surface area (Å²) in [7, 11) is 0. The van der Waals surface area contributed by atoms with Crippen molar-refractivity contribution in [2.45, 2.75) is 25.2 Å². The second-order valence-corrected chi connectivity index (χ2v) is 7.76. The number of carbonyl (C=O) groups is 1. The zero-order chi connectivity index (χ0) is 21.6. The molecule has 2 aliphatic heterocycles. The van der Waals surface area contributed by atoms with Crippen LogP contribution in [0.15, 0.2) is 24.5 Å². The number of carbonyl (C=O) groups excluding carboxylic acids is 1. The molecule has 10 heteroatoms. The van der Waals surface area contributed by atoms with Crippen LogP contribution in [-0.4, -0.2) is 52.6 Å². The number of aromatic amines is 1. The highest BCUT2D eigenvalue weighted by molar-refractivity contribution is 5.79. The minimum Gasteiger partial charge on any atom is -0.378 e. The summed E-state index contributed by atoms with van der Waals surface area (Å²) in [5.74, 6) is 0. The summed E-state index contributed by atoms with van der Waals surface area (Å²) in [6, 6.07) is 3.80. The normalized spacial score (nSPS) is 19.5. The van der Waals surface area contributed by atoms with Gasteiger partial charge >= 0.3 is 6.18 Å². The van der Waals surface area contributed by atoms with Crippen molar-refractivity contribution in [2.75, 3.05) is 26.3 Å². The van der Waals surface area contributed by atoms with Crippen LogP contribution in [-0.2, 0) is 28.7 Å². The van der Waals surface area contributed by atoms with Crippen molar-refractivity contribution in [3.8, 4) is 11.3 Å². The number of H-pyrrole nitrogens is 1. The standard InChI is InChI=1S/C21H20F3N5O2/c22-21(23,24)16-7-26-20-19(16)28-17(8-27-20)13-5-12-1-3-29(11-30)9-15(12)14(6-13)18-10-31-4-2-25-18/h5-8,11,18,25H,1-4,9-10H2,(H,26,27)/t18-/m0/s1. The predicted molar refractivity (Wildman–Crippen MR) is 106 cm³/mol. The molecular weight excluding hydrogens is 411 g/mol. The van der Waals surface area contributed by atoms with E-state index in [4.69, 9.17) is 4.74 Å². The van der Waals surface area contributed by atoms with Crippen LogP contribution in [0.1, 0.15) is 28.3 Å². The maximum atomic E-state index is 13.3. The number of rotatable bonds is 3. The molecule has 0 saturated carbocycles. The lowest BCUT2D eigenvalue weighted by molar-refractivity contribution is -0.136. The van der Waals surface area contributed by atoms with Crippen molar-refractivity contribution in [1.82, 2.24) is 25.2 Å². The Bertz CT molecular complexity index is 1140. The molecule has 1 amide bonds. The Labute approximate surface area is 175 Å². The van der Waals surface area contributed by atoms with Crippen molar-refractivity contribution < 1.29 is 22.7 Å². The third-order valence-electron chi connectivity index (χ3n) is 5.83. The zero-order valence-electron chi connectivity index (χ0n) is 16.5. The Kier molecular flexibility index (Phi) is 4.90. The highest BCUT2D eigenvalue weighted by Gasteiger charge is 2.35. The Morgan fingerprint density at radius 3 is 2.90 bits per heavy atom. The number of hydrogen-bond donors (Lipinski definition) is 2. The van der Waals surface area contributed by atoms with E-state index < -0.39 is 11.7 Å². The van der Waals surface area contributed by atoms with E-state index in [1.54, 1.807) is 4.90 Å². The topological polar surface area (TPSA) is 83.1 Å². The first kappa shape index (κ1) is 20.0. The summed E-state index contributed by atoms with van der Waals surface area (Å²) in [6.45, 7) is 2.89. The molecule has 2 aliphatic rings. The molecule has 0 spiro atoms. The third kappa shape index (κ3) is 3.66. The molecule has 0 aliphatic carbocycles. The first-order valence-electron chi connectivity index (χ1n) is 10.0. The lowest BCUT2D eigenvalue weighted by atomic mass is 9.88. The van der Waals surface area contributed by atoms with Crippen molar-refractivity contribution >= 4 is 17.6 Å². The summed E-state index contributed by atoms with van der Waals surface area (Å²) < 4.78 is 45.7. The fraction of sp³-hybridized carbons (Fsp3) is 0.381. The van der Waals surface area contributed by atoms with Gasteiger partial charge in [0.15, 0.2) is 5.65 Å². The van der Waals surface area contributed by atoms with E-state index in [2.05, 4.69) is 20.3 Å². The monoisotopic (exact) mass is 431 g/mol. The molecule has 1 aromatic carbocycles. The number of amides is 1. The van der Waals surface area contributed by atoms with E-state index in [0.717, 1.165) is 29.3 Å². The number of aromatic nitrogens is 3. The molecule has 1 fully saturated rings. The van der Waals surface area contributed by atoms with Crippen molar-refractivity contribution in [2.24, 2.45) is 0 Å². The van der Waals surface area contributed by atoms with Gasteiger partial charge in [-0.2, -0.15) is 13.2 Å². The number of fused-ring (bicyclic) bond motifs is 2. The zero-order valence-corrected chi connectivity index (χ0v) is 16.5. The second-order valence-electron chi connectivity index (χ2n) is 7.76. The Morgan fingerprint density at radius 1 is 1.29 bits per heavy atom. The summed E-state index contributed by atoms with van der Waals surface area (Å²) in [5, 5.41) is 3.43. The quantitative estimate of drug-likeness (QED) is 0.624. The average molecular weight is 431 g/mol. The van der Waals surface area contributed by atoms with E-state index in [1.807, 2.05) is 12.1 Å². The minimum absolute atomic E-state index is 0.0660. The summed E-state index contributed by atoms with van der Waals surface area (Å²) in [6.07, 6.45) is -0.639. The van der Waals surface area contributed by atoms with Crippen molar-refractivity contribution in [3.05, 3.63) is 46.8 Å². The molecule has 7 nitrogen and oxygen atoms in total. The molecule has 4 heterocycles. The van der Waals surface area contributed by atoms with E-state index in [1.165, 1.54) is 6.20 Å². The van der Waals surface area contributed by atoms with Gasteiger partial charge in [-0.05, 0) is 35.2 Å². The van der Waals surface area contributed by atoms with Gasteiger partial charge in [0, 0.05) is 31.4 Å². The fourth-order valence-corrected chi connectivity index (χ4v) is 4.28. The molecular formula is C21H20F3N5O2. The lowest BCUT2D eigenvalue weighted by Crippen LogP contribution is -2.37. The van der Waals surface area contributed by atoms with Gasteiger partial charge in [-0.15, -0.1) is 0 Å². The highest BCUT2D eigenvalue weighted by atomic mass is 19.4.